The van der Waals surface area contributed by atoms with Crippen LogP contribution in [0.1, 0.15) is 39.4 Å². The van der Waals surface area contributed by atoms with Gasteiger partial charge in [-0.2, -0.15) is 0 Å². The number of carbonyl (C=O) groups is 1. The molecule has 178 valence electrons. The largest absolute Gasteiger partial charge is 0.368 e. The first-order valence-electron chi connectivity index (χ1n) is 12.2. The quantitative estimate of drug-likeness (QED) is 0.411. The Kier molecular flexibility index (Phi) is 8.97. The Morgan fingerprint density at radius 2 is 1.48 bits per heavy atom. The number of hydrogen-bond donors (Lipinski definition) is 0. The van der Waals surface area contributed by atoms with Crippen LogP contribution in [0.15, 0.2) is 42.7 Å². The zero-order valence-corrected chi connectivity index (χ0v) is 20.8. The second-order valence-electron chi connectivity index (χ2n) is 8.21. The molecule has 0 saturated carbocycles. The van der Waals surface area contributed by atoms with E-state index >= 15 is 0 Å². The summed E-state index contributed by atoms with van der Waals surface area (Å²) in [5.74, 6) is 0.628. The molecule has 2 heterocycles. The van der Waals surface area contributed by atoms with Crippen molar-refractivity contribution in [2.75, 3.05) is 57.3 Å². The molecule has 0 N–H and O–H groups in total. The summed E-state index contributed by atoms with van der Waals surface area (Å²) in [4.78, 5) is 29.0. The van der Waals surface area contributed by atoms with Crippen molar-refractivity contribution in [2.45, 2.75) is 34.6 Å². The van der Waals surface area contributed by atoms with Gasteiger partial charge in [0, 0.05) is 50.6 Å². The number of fused-ring (bicyclic) bond motifs is 1. The van der Waals surface area contributed by atoms with Crippen LogP contribution in [0.25, 0.3) is 22.4 Å². The van der Waals surface area contributed by atoms with Gasteiger partial charge in [0.2, 0.25) is 5.91 Å². The van der Waals surface area contributed by atoms with Crippen LogP contribution in [0.5, 0.6) is 0 Å². The van der Waals surface area contributed by atoms with Crippen molar-refractivity contribution >= 4 is 22.6 Å². The first kappa shape index (κ1) is 24.9. The van der Waals surface area contributed by atoms with Crippen LogP contribution < -0.4 is 4.90 Å². The molecule has 3 rings (SSSR count). The number of rotatable bonds is 12. The maximum absolute atomic E-state index is 12.7. The van der Waals surface area contributed by atoms with E-state index in [1.807, 2.05) is 12.1 Å². The molecular formula is C26H38N6O. The fourth-order valence-corrected chi connectivity index (χ4v) is 4.33. The van der Waals surface area contributed by atoms with Crippen molar-refractivity contribution in [3.05, 3.63) is 42.7 Å². The maximum atomic E-state index is 12.7. The SMILES string of the molecule is CCN(CC)CCN(CCN(CC)CC)c1ccccc1-c1nc2cnccc2n1C(C)=O. The molecule has 3 aromatic rings. The molecule has 2 aromatic heterocycles. The third-order valence-corrected chi connectivity index (χ3v) is 6.42. The smallest absolute Gasteiger partial charge is 0.229 e. The minimum absolute atomic E-state index is 0.0497. The monoisotopic (exact) mass is 450 g/mol. The summed E-state index contributed by atoms with van der Waals surface area (Å²) in [5, 5.41) is 0. The molecule has 0 aliphatic carbocycles. The second kappa shape index (κ2) is 11.9. The van der Waals surface area contributed by atoms with E-state index in [9.17, 15) is 4.79 Å². The number of para-hydroxylation sites is 1. The number of benzene rings is 1. The van der Waals surface area contributed by atoms with Crippen molar-refractivity contribution < 1.29 is 4.79 Å². The van der Waals surface area contributed by atoms with Crippen molar-refractivity contribution in [3.8, 4) is 11.4 Å². The van der Waals surface area contributed by atoms with E-state index in [0.29, 0.717) is 5.82 Å². The van der Waals surface area contributed by atoms with Crippen LogP contribution in [-0.4, -0.2) is 82.6 Å². The van der Waals surface area contributed by atoms with E-state index in [2.05, 4.69) is 65.6 Å². The summed E-state index contributed by atoms with van der Waals surface area (Å²) < 4.78 is 1.71. The number of anilines is 1. The van der Waals surface area contributed by atoms with Crippen molar-refractivity contribution in [1.82, 2.24) is 24.3 Å². The summed E-state index contributed by atoms with van der Waals surface area (Å²) in [6, 6.07) is 10.2. The standard InChI is InChI=1S/C26H38N6O/c1-6-29(7-2)16-18-31(19-17-30(8-3)9-4)24-13-11-10-12-22(24)26-28-23-20-27-15-14-25(23)32(26)21(5)33/h10-15,20H,6-9,16-19H2,1-5H3. The van der Waals surface area contributed by atoms with Gasteiger partial charge in [-0.3, -0.25) is 14.3 Å². The van der Waals surface area contributed by atoms with Crippen LogP contribution in [0, 0.1) is 0 Å². The molecule has 0 amide bonds. The van der Waals surface area contributed by atoms with E-state index in [1.165, 1.54) is 0 Å². The van der Waals surface area contributed by atoms with Crippen molar-refractivity contribution in [1.29, 1.82) is 0 Å². The van der Waals surface area contributed by atoms with E-state index in [-0.39, 0.29) is 5.91 Å². The van der Waals surface area contributed by atoms with Crippen LogP contribution in [0.2, 0.25) is 0 Å². The first-order valence-corrected chi connectivity index (χ1v) is 12.2. The molecule has 0 fully saturated rings. The third-order valence-electron chi connectivity index (χ3n) is 6.42. The van der Waals surface area contributed by atoms with Gasteiger partial charge in [0.25, 0.3) is 0 Å². The average molecular weight is 451 g/mol. The van der Waals surface area contributed by atoms with Crippen molar-refractivity contribution in [3.63, 3.8) is 0 Å². The van der Waals surface area contributed by atoms with Crippen LogP contribution in [0.3, 0.4) is 0 Å². The Labute approximate surface area is 198 Å². The van der Waals surface area contributed by atoms with E-state index < -0.39 is 0 Å². The van der Waals surface area contributed by atoms with E-state index in [4.69, 9.17) is 4.98 Å². The van der Waals surface area contributed by atoms with Gasteiger partial charge < -0.3 is 14.7 Å². The van der Waals surface area contributed by atoms with E-state index in [0.717, 1.165) is 74.6 Å². The minimum atomic E-state index is -0.0497. The lowest BCUT2D eigenvalue weighted by Gasteiger charge is -2.31. The highest BCUT2D eigenvalue weighted by molar-refractivity contribution is 5.95. The van der Waals surface area contributed by atoms with Gasteiger partial charge in [-0.1, -0.05) is 39.8 Å². The lowest BCUT2D eigenvalue weighted by atomic mass is 10.1. The third kappa shape index (κ3) is 5.78. The molecule has 0 saturated heterocycles. The number of imidazole rings is 1. The predicted octanol–water partition coefficient (Wildman–Crippen LogP) is 4.25. The van der Waals surface area contributed by atoms with Gasteiger partial charge in [0.15, 0.2) is 0 Å². The molecule has 0 radical (unpaired) electrons. The van der Waals surface area contributed by atoms with Crippen LogP contribution in [-0.2, 0) is 0 Å². The Morgan fingerprint density at radius 3 is 2.06 bits per heavy atom. The summed E-state index contributed by atoms with van der Waals surface area (Å²) >= 11 is 0. The molecular weight excluding hydrogens is 412 g/mol. The maximum Gasteiger partial charge on any atom is 0.229 e. The highest BCUT2D eigenvalue weighted by atomic mass is 16.1. The zero-order chi connectivity index (χ0) is 23.8. The fraction of sp³-hybridized carbons (Fsp3) is 0.500. The number of pyridine rings is 1. The van der Waals surface area contributed by atoms with Gasteiger partial charge in [0.1, 0.15) is 11.3 Å². The highest BCUT2D eigenvalue weighted by Gasteiger charge is 2.21. The van der Waals surface area contributed by atoms with Gasteiger partial charge in [-0.25, -0.2) is 4.98 Å². The van der Waals surface area contributed by atoms with Gasteiger partial charge in [-0.05, 0) is 44.4 Å². The van der Waals surface area contributed by atoms with Crippen LogP contribution in [0.4, 0.5) is 5.69 Å². The topological polar surface area (TPSA) is 57.5 Å². The molecule has 0 aliphatic rings. The summed E-state index contributed by atoms with van der Waals surface area (Å²) in [5.41, 5.74) is 3.61. The van der Waals surface area contributed by atoms with Crippen molar-refractivity contribution in [2.24, 2.45) is 0 Å². The summed E-state index contributed by atoms with van der Waals surface area (Å²) in [6.45, 7) is 18.4. The minimum Gasteiger partial charge on any atom is -0.368 e. The molecule has 0 bridgehead atoms. The van der Waals surface area contributed by atoms with Gasteiger partial charge >= 0.3 is 0 Å². The lowest BCUT2D eigenvalue weighted by molar-refractivity contribution is 0.0943. The lowest BCUT2D eigenvalue weighted by Crippen LogP contribution is -2.40. The second-order valence-corrected chi connectivity index (χ2v) is 8.21. The Morgan fingerprint density at radius 1 is 0.879 bits per heavy atom. The molecule has 7 nitrogen and oxygen atoms in total. The van der Waals surface area contributed by atoms with Gasteiger partial charge in [-0.15, -0.1) is 0 Å². The first-order chi connectivity index (χ1) is 16.0. The zero-order valence-electron chi connectivity index (χ0n) is 20.8. The Bertz CT molecular complexity index is 1020. The molecule has 33 heavy (non-hydrogen) atoms. The highest BCUT2D eigenvalue weighted by Crippen LogP contribution is 2.32. The summed E-state index contributed by atoms with van der Waals surface area (Å²) in [6.07, 6.45) is 3.43. The molecule has 0 unspecified atom stereocenters. The molecule has 0 aliphatic heterocycles. The average Bonchev–Trinajstić information content (AvgIpc) is 3.23. The number of carbonyl (C=O) groups excluding carboxylic acids is 1. The molecule has 0 atom stereocenters. The number of aromatic nitrogens is 3. The Balaban J connectivity index is 2.05. The normalized spacial score (nSPS) is 11.6. The number of nitrogens with zero attached hydrogens (tertiary/aromatic N) is 6. The Hall–Kier alpha value is -2.77. The molecule has 0 spiro atoms. The molecule has 7 heteroatoms. The number of hydrogen-bond acceptors (Lipinski definition) is 6. The number of likely N-dealkylation sites (N-methyl/N-ethyl adjacent to an activating group) is 2. The predicted molar refractivity (Wildman–Crippen MR) is 137 cm³/mol. The van der Waals surface area contributed by atoms with Gasteiger partial charge in [0.05, 0.1) is 11.7 Å². The van der Waals surface area contributed by atoms with E-state index in [1.54, 1.807) is 23.9 Å². The summed E-state index contributed by atoms with van der Waals surface area (Å²) in [7, 11) is 0. The fourth-order valence-electron chi connectivity index (χ4n) is 4.33. The molecule has 1 aromatic carbocycles. The van der Waals surface area contributed by atoms with Crippen LogP contribution >= 0.6 is 0 Å².